The number of hydrogen-bond donors (Lipinski definition) is 1. The number of nitrogens with zero attached hydrogens (tertiary/aromatic N) is 1. The zero-order valence-corrected chi connectivity index (χ0v) is 11.7. The van der Waals surface area contributed by atoms with E-state index in [-0.39, 0.29) is 28.2 Å². The lowest BCUT2D eigenvalue weighted by molar-refractivity contribution is 0.300. The van der Waals surface area contributed by atoms with Gasteiger partial charge in [0, 0.05) is 5.56 Å². The normalized spacial score (nSPS) is 10.9. The Labute approximate surface area is 125 Å². The number of hydrogen-bond acceptors (Lipinski definition) is 3. The van der Waals surface area contributed by atoms with Gasteiger partial charge in [0.25, 0.3) is 0 Å². The molecule has 0 saturated heterocycles. The Bertz CT molecular complexity index is 624. The van der Waals surface area contributed by atoms with E-state index in [0.29, 0.717) is 11.1 Å². The summed E-state index contributed by atoms with van der Waals surface area (Å²) in [5.74, 6) is -0.101. The summed E-state index contributed by atoms with van der Waals surface area (Å²) < 4.78 is 18.9. The number of oxime groups is 1. The van der Waals surface area contributed by atoms with Crippen LogP contribution in [-0.4, -0.2) is 11.4 Å². The van der Waals surface area contributed by atoms with Crippen molar-refractivity contribution >= 4 is 29.4 Å². The van der Waals surface area contributed by atoms with Crippen LogP contribution in [0.2, 0.25) is 10.0 Å². The molecular weight excluding hydrogens is 304 g/mol. The standard InChI is InChI=1S/C14H10Cl2FNO2/c15-11-5-9(7-18-19)6-12(16)14(11)20-8-10-3-1-2-4-13(10)17/h1-7,19H,8H2/b18-7+. The Morgan fingerprint density at radius 1 is 1.20 bits per heavy atom. The average molecular weight is 314 g/mol. The smallest absolute Gasteiger partial charge is 0.157 e. The first-order valence-corrected chi connectivity index (χ1v) is 6.40. The lowest BCUT2D eigenvalue weighted by Crippen LogP contribution is -1.99. The van der Waals surface area contributed by atoms with Crippen LogP contribution in [0.4, 0.5) is 4.39 Å². The summed E-state index contributed by atoms with van der Waals surface area (Å²) >= 11 is 12.1. The maximum Gasteiger partial charge on any atom is 0.157 e. The van der Waals surface area contributed by atoms with Crippen molar-refractivity contribution in [3.05, 3.63) is 63.4 Å². The Kier molecular flexibility index (Phi) is 4.82. The molecular formula is C14H10Cl2FNO2. The number of halogens is 3. The molecule has 2 aromatic carbocycles. The lowest BCUT2D eigenvalue weighted by Gasteiger charge is -2.11. The van der Waals surface area contributed by atoms with E-state index < -0.39 is 0 Å². The molecule has 0 saturated carbocycles. The highest BCUT2D eigenvalue weighted by Crippen LogP contribution is 2.34. The molecule has 2 aromatic rings. The van der Waals surface area contributed by atoms with Crippen molar-refractivity contribution in [1.29, 1.82) is 0 Å². The molecule has 0 amide bonds. The van der Waals surface area contributed by atoms with Gasteiger partial charge in [0.15, 0.2) is 5.75 Å². The number of ether oxygens (including phenoxy) is 1. The van der Waals surface area contributed by atoms with Gasteiger partial charge in [0.2, 0.25) is 0 Å². The molecule has 0 atom stereocenters. The van der Waals surface area contributed by atoms with Crippen molar-refractivity contribution in [1.82, 2.24) is 0 Å². The minimum Gasteiger partial charge on any atom is -0.486 e. The largest absolute Gasteiger partial charge is 0.486 e. The topological polar surface area (TPSA) is 41.8 Å². The third kappa shape index (κ3) is 3.40. The van der Waals surface area contributed by atoms with Crippen molar-refractivity contribution in [2.45, 2.75) is 6.61 Å². The second-order valence-corrected chi connectivity index (χ2v) is 4.75. The zero-order valence-electron chi connectivity index (χ0n) is 10.2. The van der Waals surface area contributed by atoms with Crippen molar-refractivity contribution in [3.8, 4) is 5.75 Å². The first kappa shape index (κ1) is 14.6. The van der Waals surface area contributed by atoms with Gasteiger partial charge in [-0.3, -0.25) is 0 Å². The van der Waals surface area contributed by atoms with E-state index in [9.17, 15) is 4.39 Å². The van der Waals surface area contributed by atoms with Gasteiger partial charge in [-0.2, -0.15) is 0 Å². The first-order chi connectivity index (χ1) is 9.61. The van der Waals surface area contributed by atoms with E-state index in [1.54, 1.807) is 18.2 Å². The van der Waals surface area contributed by atoms with Gasteiger partial charge >= 0.3 is 0 Å². The highest BCUT2D eigenvalue weighted by atomic mass is 35.5. The molecule has 0 aromatic heterocycles. The second-order valence-electron chi connectivity index (χ2n) is 3.94. The molecule has 20 heavy (non-hydrogen) atoms. The van der Waals surface area contributed by atoms with E-state index >= 15 is 0 Å². The second kappa shape index (κ2) is 6.59. The highest BCUT2D eigenvalue weighted by Gasteiger charge is 2.10. The van der Waals surface area contributed by atoms with Gasteiger partial charge in [-0.05, 0) is 23.8 Å². The Morgan fingerprint density at radius 3 is 2.45 bits per heavy atom. The van der Waals surface area contributed by atoms with Crippen molar-refractivity contribution < 1.29 is 14.3 Å². The van der Waals surface area contributed by atoms with Gasteiger partial charge in [0.05, 0.1) is 16.3 Å². The molecule has 0 heterocycles. The molecule has 0 bridgehead atoms. The molecule has 0 aliphatic heterocycles. The summed E-state index contributed by atoms with van der Waals surface area (Å²) in [7, 11) is 0. The summed E-state index contributed by atoms with van der Waals surface area (Å²) in [6.45, 7) is 0.0134. The Morgan fingerprint density at radius 2 is 1.85 bits per heavy atom. The molecule has 2 rings (SSSR count). The van der Waals surface area contributed by atoms with Gasteiger partial charge in [0.1, 0.15) is 12.4 Å². The lowest BCUT2D eigenvalue weighted by atomic mass is 10.2. The minimum absolute atomic E-state index is 0.0134. The fraction of sp³-hybridized carbons (Fsp3) is 0.0714. The SMILES string of the molecule is O/N=C/c1cc(Cl)c(OCc2ccccc2F)c(Cl)c1. The van der Waals surface area contributed by atoms with E-state index in [0.717, 1.165) is 0 Å². The molecule has 3 nitrogen and oxygen atoms in total. The summed E-state index contributed by atoms with van der Waals surface area (Å²) in [5.41, 5.74) is 0.932. The fourth-order valence-electron chi connectivity index (χ4n) is 1.62. The van der Waals surface area contributed by atoms with Crippen LogP contribution in [-0.2, 0) is 6.61 Å². The van der Waals surface area contributed by atoms with Crippen LogP contribution in [0.25, 0.3) is 0 Å². The van der Waals surface area contributed by atoms with E-state index in [2.05, 4.69) is 5.16 Å². The third-order valence-corrected chi connectivity index (χ3v) is 3.12. The molecule has 0 radical (unpaired) electrons. The van der Waals surface area contributed by atoms with Crippen LogP contribution < -0.4 is 4.74 Å². The maximum atomic E-state index is 13.5. The molecule has 0 fully saturated rings. The van der Waals surface area contributed by atoms with Gasteiger partial charge < -0.3 is 9.94 Å². The third-order valence-electron chi connectivity index (χ3n) is 2.56. The quantitative estimate of drug-likeness (QED) is 0.512. The van der Waals surface area contributed by atoms with Crippen LogP contribution >= 0.6 is 23.2 Å². The highest BCUT2D eigenvalue weighted by molar-refractivity contribution is 6.37. The van der Waals surface area contributed by atoms with Gasteiger partial charge in [-0.25, -0.2) is 4.39 Å². The summed E-state index contributed by atoms with van der Waals surface area (Å²) in [5, 5.41) is 11.9. The van der Waals surface area contributed by atoms with E-state index in [4.69, 9.17) is 33.1 Å². The van der Waals surface area contributed by atoms with E-state index in [1.165, 1.54) is 24.4 Å². The minimum atomic E-state index is -0.358. The average Bonchev–Trinajstić information content (AvgIpc) is 2.40. The summed E-state index contributed by atoms with van der Waals surface area (Å²) in [6, 6.07) is 9.34. The molecule has 0 aliphatic rings. The van der Waals surface area contributed by atoms with Crippen molar-refractivity contribution in [3.63, 3.8) is 0 Å². The van der Waals surface area contributed by atoms with Crippen LogP contribution in [0.15, 0.2) is 41.6 Å². The summed E-state index contributed by atoms with van der Waals surface area (Å²) in [4.78, 5) is 0. The predicted molar refractivity (Wildman–Crippen MR) is 76.6 cm³/mol. The Balaban J connectivity index is 2.20. The monoisotopic (exact) mass is 313 g/mol. The molecule has 0 aliphatic carbocycles. The van der Waals surface area contributed by atoms with Gasteiger partial charge in [-0.15, -0.1) is 0 Å². The van der Waals surface area contributed by atoms with Crippen molar-refractivity contribution in [2.75, 3.05) is 0 Å². The molecule has 0 spiro atoms. The summed E-state index contributed by atoms with van der Waals surface area (Å²) in [6.07, 6.45) is 1.19. The van der Waals surface area contributed by atoms with E-state index in [1.807, 2.05) is 0 Å². The van der Waals surface area contributed by atoms with Crippen LogP contribution in [0, 0.1) is 5.82 Å². The predicted octanol–water partition coefficient (Wildman–Crippen LogP) is 4.52. The maximum absolute atomic E-state index is 13.5. The van der Waals surface area contributed by atoms with Crippen LogP contribution in [0.5, 0.6) is 5.75 Å². The Hall–Kier alpha value is -1.78. The van der Waals surface area contributed by atoms with Gasteiger partial charge in [-0.1, -0.05) is 46.6 Å². The fourth-order valence-corrected chi connectivity index (χ4v) is 2.24. The molecule has 0 unspecified atom stereocenters. The number of rotatable bonds is 4. The molecule has 1 N–H and O–H groups in total. The molecule has 104 valence electrons. The van der Waals surface area contributed by atoms with Crippen molar-refractivity contribution in [2.24, 2.45) is 5.16 Å². The van der Waals surface area contributed by atoms with Crippen LogP contribution in [0.1, 0.15) is 11.1 Å². The first-order valence-electron chi connectivity index (χ1n) is 5.64. The molecule has 6 heteroatoms. The zero-order chi connectivity index (χ0) is 14.5. The van der Waals surface area contributed by atoms with Crippen LogP contribution in [0.3, 0.4) is 0 Å². The number of benzene rings is 2.